The van der Waals surface area contributed by atoms with Gasteiger partial charge in [-0.15, -0.1) is 11.3 Å². The Morgan fingerprint density at radius 1 is 1.00 bits per heavy atom. The molecule has 4 aromatic rings. The summed E-state index contributed by atoms with van der Waals surface area (Å²) in [6.45, 7) is 15.8. The Hall–Kier alpha value is -6.47. The number of aromatic nitrogens is 2. The van der Waals surface area contributed by atoms with Crippen LogP contribution in [0.1, 0.15) is 87.6 Å². The van der Waals surface area contributed by atoms with Crippen molar-refractivity contribution in [2.24, 2.45) is 16.2 Å². The monoisotopic (exact) mass is 1030 g/mol. The van der Waals surface area contributed by atoms with Crippen LogP contribution in [0.25, 0.3) is 10.4 Å². The molecule has 7 rings (SSSR count). The second kappa shape index (κ2) is 21.5. The maximum absolute atomic E-state index is 14.1. The number of piperazine rings is 1. The number of hydrogen-bond acceptors (Lipinski definition) is 13. The minimum absolute atomic E-state index is 0.0375. The number of thiazole rings is 1. The Bertz CT molecular complexity index is 2720. The zero-order valence-corrected chi connectivity index (χ0v) is 42.9. The number of β-amino-alcohol motifs (C(OH)–C–C–N with tert-alkyl or cyclic N) is 1. The number of aryl methyl sites for hydroxylation is 1. The molecule has 3 fully saturated rings. The fourth-order valence-electron chi connectivity index (χ4n) is 10.3. The van der Waals surface area contributed by atoms with Gasteiger partial charge in [0.25, 0.3) is 5.91 Å². The van der Waals surface area contributed by atoms with E-state index >= 15 is 0 Å². The smallest absolute Gasteiger partial charge is 0.417 e. The number of carbonyl (C=O) groups excluding carboxylic acids is 5. The van der Waals surface area contributed by atoms with Crippen LogP contribution in [0.4, 0.5) is 19.0 Å². The number of halogens is 3. The van der Waals surface area contributed by atoms with E-state index in [9.17, 15) is 47.5 Å². The van der Waals surface area contributed by atoms with Crippen LogP contribution < -0.4 is 25.6 Å². The molecule has 4 heterocycles. The molecule has 17 nitrogen and oxygen atoms in total. The van der Waals surface area contributed by atoms with Gasteiger partial charge in [-0.3, -0.25) is 33.8 Å². The third-order valence-electron chi connectivity index (χ3n) is 13.9. The molecule has 73 heavy (non-hydrogen) atoms. The molecule has 0 spiro atoms. The van der Waals surface area contributed by atoms with Crippen molar-refractivity contribution < 1.29 is 51.7 Å². The van der Waals surface area contributed by atoms with Crippen molar-refractivity contribution in [1.29, 1.82) is 5.26 Å². The minimum Gasteiger partial charge on any atom is -0.489 e. The number of pyridine rings is 1. The molecular formula is C52H62F3N9O8S. The van der Waals surface area contributed by atoms with Gasteiger partial charge in [0.15, 0.2) is 0 Å². The van der Waals surface area contributed by atoms with Crippen molar-refractivity contribution in [2.45, 2.75) is 105 Å². The summed E-state index contributed by atoms with van der Waals surface area (Å²) in [6.07, 6.45) is -4.81. The summed E-state index contributed by atoms with van der Waals surface area (Å²) in [5, 5.41) is 28.5. The number of nitrogens with zero attached hydrogens (tertiary/aromatic N) is 6. The van der Waals surface area contributed by atoms with Crippen LogP contribution >= 0.6 is 11.3 Å². The van der Waals surface area contributed by atoms with E-state index in [4.69, 9.17) is 9.47 Å². The minimum atomic E-state index is -4.74. The second-order valence-electron chi connectivity index (χ2n) is 21.1. The lowest BCUT2D eigenvalue weighted by atomic mass is 9.49. The summed E-state index contributed by atoms with van der Waals surface area (Å²) in [5.41, 5.74) is 1.10. The van der Waals surface area contributed by atoms with Crippen LogP contribution in [0.5, 0.6) is 5.75 Å². The lowest BCUT2D eigenvalue weighted by Crippen LogP contribution is -2.74. The molecule has 2 aromatic heterocycles. The van der Waals surface area contributed by atoms with E-state index in [-0.39, 0.29) is 56.5 Å². The number of aliphatic hydroxyl groups is 1. The zero-order chi connectivity index (χ0) is 53.2. The molecule has 3 atom stereocenters. The van der Waals surface area contributed by atoms with E-state index in [1.54, 1.807) is 55.8 Å². The van der Waals surface area contributed by atoms with Gasteiger partial charge in [-0.05, 0) is 53.8 Å². The summed E-state index contributed by atoms with van der Waals surface area (Å²) < 4.78 is 52.7. The van der Waals surface area contributed by atoms with Gasteiger partial charge in [-0.1, -0.05) is 72.7 Å². The first kappa shape index (κ1) is 54.3. The van der Waals surface area contributed by atoms with Crippen LogP contribution in [0.15, 0.2) is 66.3 Å². The van der Waals surface area contributed by atoms with E-state index in [0.29, 0.717) is 25.5 Å². The highest BCUT2D eigenvalue weighted by Crippen LogP contribution is 2.56. The van der Waals surface area contributed by atoms with E-state index in [1.165, 1.54) is 22.1 Å². The summed E-state index contributed by atoms with van der Waals surface area (Å²) in [4.78, 5) is 82.0. The summed E-state index contributed by atoms with van der Waals surface area (Å²) >= 11 is 1.55. The Balaban J connectivity index is 0.844. The molecule has 390 valence electrons. The fourth-order valence-corrected chi connectivity index (χ4v) is 11.1. The first-order valence-corrected chi connectivity index (χ1v) is 24.9. The van der Waals surface area contributed by atoms with Crippen LogP contribution in [-0.2, 0) is 36.6 Å². The van der Waals surface area contributed by atoms with Gasteiger partial charge in [-0.2, -0.15) is 18.4 Å². The molecule has 21 heteroatoms. The van der Waals surface area contributed by atoms with Gasteiger partial charge >= 0.3 is 6.18 Å². The normalized spacial score (nSPS) is 21.2. The third-order valence-corrected chi connectivity index (χ3v) is 14.8. The predicted octanol–water partition coefficient (Wildman–Crippen LogP) is 5.49. The molecule has 1 aliphatic carbocycles. The Labute approximate surface area is 426 Å². The van der Waals surface area contributed by atoms with Crippen LogP contribution in [0.3, 0.4) is 0 Å². The van der Waals surface area contributed by atoms with Crippen LogP contribution in [-0.4, -0.2) is 131 Å². The topological polar surface area (TPSA) is 219 Å². The highest BCUT2D eigenvalue weighted by Gasteiger charge is 2.64. The Morgan fingerprint density at radius 2 is 1.71 bits per heavy atom. The molecule has 3 aliphatic rings. The third kappa shape index (κ3) is 12.2. The number of nitriles is 1. The quantitative estimate of drug-likeness (QED) is 0.103. The van der Waals surface area contributed by atoms with Gasteiger partial charge in [0.2, 0.25) is 23.6 Å². The number of aliphatic hydroxyl groups excluding tert-OH is 1. The van der Waals surface area contributed by atoms with E-state index in [0.717, 1.165) is 33.8 Å². The molecule has 2 aliphatic heterocycles. The number of amides is 5. The number of carbonyl (C=O) groups is 5. The first-order chi connectivity index (χ1) is 34.3. The van der Waals surface area contributed by atoms with Crippen molar-refractivity contribution in [2.75, 3.05) is 50.8 Å². The van der Waals surface area contributed by atoms with E-state index in [2.05, 4.69) is 25.9 Å². The second-order valence-corrected chi connectivity index (χ2v) is 21.9. The van der Waals surface area contributed by atoms with Gasteiger partial charge in [0.1, 0.15) is 36.4 Å². The van der Waals surface area contributed by atoms with Crippen molar-refractivity contribution in [3.8, 4) is 22.3 Å². The number of benzene rings is 2. The van der Waals surface area contributed by atoms with Crippen LogP contribution in [0.2, 0.25) is 0 Å². The van der Waals surface area contributed by atoms with E-state index in [1.807, 2.05) is 63.8 Å². The Morgan fingerprint density at radius 3 is 2.32 bits per heavy atom. The van der Waals surface area contributed by atoms with Gasteiger partial charge in [0.05, 0.1) is 58.1 Å². The summed E-state index contributed by atoms with van der Waals surface area (Å²) in [6, 6.07) is 13.3. The average molecular weight is 1030 g/mol. The highest BCUT2D eigenvalue weighted by atomic mass is 32.1. The van der Waals surface area contributed by atoms with Crippen molar-refractivity contribution >= 4 is 46.7 Å². The van der Waals surface area contributed by atoms with Crippen molar-refractivity contribution in [3.05, 3.63) is 94.3 Å². The number of nitrogens with one attached hydrogen (secondary N) is 3. The molecule has 0 bridgehead atoms. The van der Waals surface area contributed by atoms with Gasteiger partial charge in [-0.25, -0.2) is 9.97 Å². The maximum Gasteiger partial charge on any atom is 0.417 e. The highest BCUT2D eigenvalue weighted by molar-refractivity contribution is 7.13. The number of rotatable bonds is 16. The molecule has 2 aromatic carbocycles. The van der Waals surface area contributed by atoms with Crippen LogP contribution in [0, 0.1) is 34.5 Å². The number of anilines is 1. The molecule has 2 saturated heterocycles. The largest absolute Gasteiger partial charge is 0.489 e. The van der Waals surface area contributed by atoms with Gasteiger partial charge in [0, 0.05) is 62.2 Å². The average Bonchev–Trinajstić information content (AvgIpc) is 3.96. The molecular weight excluding hydrogens is 968 g/mol. The number of alkyl halides is 3. The predicted molar refractivity (Wildman–Crippen MR) is 265 cm³/mol. The maximum atomic E-state index is 14.1. The molecule has 0 unspecified atom stereocenters. The fraction of sp³-hybridized carbons (Fsp3) is 0.500. The van der Waals surface area contributed by atoms with Gasteiger partial charge < -0.3 is 35.4 Å². The van der Waals surface area contributed by atoms with Crippen molar-refractivity contribution in [1.82, 2.24) is 35.7 Å². The number of hydrogen-bond donors (Lipinski definition) is 4. The summed E-state index contributed by atoms with van der Waals surface area (Å²) in [5.74, 6) is -1.79. The first-order valence-electron chi connectivity index (χ1n) is 24.0. The molecule has 5 amide bonds. The standard InChI is InChI=1S/C52H62F3N9O8S/c1-30-42(73-29-59-30)32-11-9-31(10-12-32)24-58-45(69)38-21-35(65)26-64(38)46(70)43(49(2,3)4)60-40(66)28-71-20-19-62-17-18-63(41(67)27-62)39-16-14-34(25-57-39)44(68)61-47-50(5,6)48(51(47,7)8)72-36-15-13-33(23-56)37(22-36)52(53,54)55/h9-16,22,25,29,35,38,43,47-48,65H,17-21,24,26-28H2,1-8H3,(H,58,69)(H,60,66)(H,61,68)/t35-,38+,43-,47-,48-/m1/s1. The molecule has 4 N–H and O–H groups in total. The molecule has 1 saturated carbocycles. The van der Waals surface area contributed by atoms with E-state index < -0.39 is 87.5 Å². The summed E-state index contributed by atoms with van der Waals surface area (Å²) in [7, 11) is 0. The SMILES string of the molecule is Cc1ncsc1-c1ccc(CNC(=O)[C@@H]2C[C@@H](O)CN2C(=O)[C@@H](NC(=O)COCCN2CCN(c3ccc(C(=O)N[C@H]4C(C)(C)[C@H](Oc5ccc(C#N)c(C(F)(F)F)c5)C4(C)C)cn3)C(=O)C2)C(C)(C)C)cc1. The van der Waals surface area contributed by atoms with Crippen molar-refractivity contribution in [3.63, 3.8) is 0 Å². The number of likely N-dealkylation sites (tertiary alicyclic amines) is 1. The lowest BCUT2D eigenvalue weighted by molar-refractivity contribution is -0.164. The Kier molecular flexibility index (Phi) is 16.0. The zero-order valence-electron chi connectivity index (χ0n) is 42.1. The molecule has 0 radical (unpaired) electrons. The lowest BCUT2D eigenvalue weighted by Gasteiger charge is -2.63. The number of ether oxygens (including phenoxy) is 2.